The number of aryl methyl sites for hydroxylation is 1. The normalized spacial score (nSPS) is 12.2. The van der Waals surface area contributed by atoms with Gasteiger partial charge in [0, 0.05) is 6.04 Å². The third-order valence-electron chi connectivity index (χ3n) is 2.51. The summed E-state index contributed by atoms with van der Waals surface area (Å²) in [6, 6.07) is -0.880. The van der Waals surface area contributed by atoms with Crippen molar-refractivity contribution in [2.75, 3.05) is 5.32 Å². The van der Waals surface area contributed by atoms with E-state index in [9.17, 15) is 9.59 Å². The average Bonchev–Trinajstić information content (AvgIpc) is 2.75. The monoisotopic (exact) mass is 286 g/mol. The number of aromatic nitrogens is 2. The summed E-state index contributed by atoms with van der Waals surface area (Å²) in [5.74, 6) is -0.911. The molecular formula is C11H18N4O3S. The van der Waals surface area contributed by atoms with E-state index in [0.717, 1.165) is 11.4 Å². The van der Waals surface area contributed by atoms with E-state index in [-0.39, 0.29) is 12.3 Å². The number of anilines is 1. The molecule has 8 heteroatoms. The standard InChI is InChI=1S/C11H18N4O3S/c1-4-8-14-15-11(19-8)13-10(18)12-7(6(2)3)5-9(16)17/h6-7H,4-5H2,1-3H3,(H,16,17)(H2,12,13,15,18). The molecule has 0 aromatic carbocycles. The van der Waals surface area contributed by atoms with Crippen LogP contribution in [0.4, 0.5) is 9.93 Å². The van der Waals surface area contributed by atoms with E-state index >= 15 is 0 Å². The number of amides is 2. The summed E-state index contributed by atoms with van der Waals surface area (Å²) in [6.07, 6.45) is 0.649. The van der Waals surface area contributed by atoms with Crippen molar-refractivity contribution >= 4 is 28.5 Å². The molecule has 0 aliphatic carbocycles. The van der Waals surface area contributed by atoms with E-state index in [1.54, 1.807) is 0 Å². The van der Waals surface area contributed by atoms with Gasteiger partial charge in [-0.15, -0.1) is 10.2 Å². The van der Waals surface area contributed by atoms with Gasteiger partial charge in [0.25, 0.3) is 0 Å². The van der Waals surface area contributed by atoms with Crippen LogP contribution in [0.25, 0.3) is 0 Å². The highest BCUT2D eigenvalue weighted by molar-refractivity contribution is 7.15. The van der Waals surface area contributed by atoms with Crippen LogP contribution in [-0.4, -0.2) is 33.3 Å². The fourth-order valence-electron chi connectivity index (χ4n) is 1.39. The molecule has 1 aromatic rings. The lowest BCUT2D eigenvalue weighted by Gasteiger charge is -2.20. The molecular weight excluding hydrogens is 268 g/mol. The van der Waals surface area contributed by atoms with Crippen molar-refractivity contribution in [3.8, 4) is 0 Å². The average molecular weight is 286 g/mol. The first-order valence-electron chi connectivity index (χ1n) is 6.04. The molecule has 0 saturated heterocycles. The number of nitrogens with zero attached hydrogens (tertiary/aromatic N) is 2. The second-order valence-corrected chi connectivity index (χ2v) is 5.46. The Kier molecular flexibility index (Phi) is 5.68. The van der Waals surface area contributed by atoms with Crippen molar-refractivity contribution in [2.45, 2.75) is 39.7 Å². The van der Waals surface area contributed by atoms with Crippen LogP contribution in [0, 0.1) is 5.92 Å². The third-order valence-corrected chi connectivity index (χ3v) is 3.49. The van der Waals surface area contributed by atoms with Crippen LogP contribution in [-0.2, 0) is 11.2 Å². The number of urea groups is 1. The molecule has 1 aromatic heterocycles. The van der Waals surface area contributed by atoms with Gasteiger partial charge in [0.05, 0.1) is 6.42 Å². The van der Waals surface area contributed by atoms with Crippen LogP contribution in [0.3, 0.4) is 0 Å². The molecule has 106 valence electrons. The fraction of sp³-hybridized carbons (Fsp3) is 0.636. The molecule has 0 saturated carbocycles. The van der Waals surface area contributed by atoms with Crippen molar-refractivity contribution in [2.24, 2.45) is 5.92 Å². The summed E-state index contributed by atoms with van der Waals surface area (Å²) in [5, 5.41) is 22.9. The summed E-state index contributed by atoms with van der Waals surface area (Å²) in [7, 11) is 0. The topological polar surface area (TPSA) is 104 Å². The Balaban J connectivity index is 2.54. The summed E-state index contributed by atoms with van der Waals surface area (Å²) < 4.78 is 0. The van der Waals surface area contributed by atoms with E-state index in [0.29, 0.717) is 5.13 Å². The van der Waals surface area contributed by atoms with Gasteiger partial charge in [0.1, 0.15) is 5.01 Å². The zero-order valence-electron chi connectivity index (χ0n) is 11.1. The maximum absolute atomic E-state index is 11.7. The lowest BCUT2D eigenvalue weighted by molar-refractivity contribution is -0.137. The molecule has 1 atom stereocenters. The summed E-state index contributed by atoms with van der Waals surface area (Å²) in [4.78, 5) is 22.4. The SMILES string of the molecule is CCc1nnc(NC(=O)NC(CC(=O)O)C(C)C)s1. The van der Waals surface area contributed by atoms with Gasteiger partial charge in [-0.2, -0.15) is 0 Å². The minimum absolute atomic E-state index is 0.0301. The zero-order chi connectivity index (χ0) is 14.4. The molecule has 0 fully saturated rings. The lowest BCUT2D eigenvalue weighted by Crippen LogP contribution is -2.42. The zero-order valence-corrected chi connectivity index (χ0v) is 12.0. The quantitative estimate of drug-likeness (QED) is 0.738. The number of rotatable bonds is 6. The lowest BCUT2D eigenvalue weighted by atomic mass is 10.0. The van der Waals surface area contributed by atoms with Gasteiger partial charge < -0.3 is 10.4 Å². The van der Waals surface area contributed by atoms with Gasteiger partial charge in [0.15, 0.2) is 0 Å². The van der Waals surface area contributed by atoms with Gasteiger partial charge >= 0.3 is 12.0 Å². The van der Waals surface area contributed by atoms with Gasteiger partial charge in [-0.25, -0.2) is 4.79 Å². The first kappa shape index (κ1) is 15.4. The van der Waals surface area contributed by atoms with Gasteiger partial charge in [-0.3, -0.25) is 10.1 Å². The molecule has 1 unspecified atom stereocenters. The van der Waals surface area contributed by atoms with Crippen LogP contribution in [0.15, 0.2) is 0 Å². The highest BCUT2D eigenvalue weighted by Crippen LogP contribution is 2.15. The number of carboxylic acid groups (broad SMARTS) is 1. The highest BCUT2D eigenvalue weighted by Gasteiger charge is 2.19. The second kappa shape index (κ2) is 7.03. The first-order valence-corrected chi connectivity index (χ1v) is 6.85. The molecule has 2 amide bonds. The Morgan fingerprint density at radius 2 is 2.05 bits per heavy atom. The Labute approximate surface area is 115 Å². The van der Waals surface area contributed by atoms with E-state index in [4.69, 9.17) is 5.11 Å². The maximum atomic E-state index is 11.7. The molecule has 7 nitrogen and oxygen atoms in total. The number of nitrogens with one attached hydrogen (secondary N) is 2. The molecule has 1 rings (SSSR count). The Morgan fingerprint density at radius 1 is 1.37 bits per heavy atom. The minimum Gasteiger partial charge on any atom is -0.481 e. The Bertz CT molecular complexity index is 447. The largest absolute Gasteiger partial charge is 0.481 e. The predicted molar refractivity (Wildman–Crippen MR) is 72.3 cm³/mol. The fourth-order valence-corrected chi connectivity index (χ4v) is 2.06. The van der Waals surface area contributed by atoms with E-state index in [2.05, 4.69) is 20.8 Å². The number of hydrogen-bond acceptors (Lipinski definition) is 5. The van der Waals surface area contributed by atoms with Crippen molar-refractivity contribution in [1.82, 2.24) is 15.5 Å². The van der Waals surface area contributed by atoms with E-state index in [1.165, 1.54) is 11.3 Å². The van der Waals surface area contributed by atoms with Crippen molar-refractivity contribution in [1.29, 1.82) is 0 Å². The smallest absolute Gasteiger partial charge is 0.321 e. The van der Waals surface area contributed by atoms with Crippen molar-refractivity contribution in [3.63, 3.8) is 0 Å². The van der Waals surface area contributed by atoms with Crippen LogP contribution in [0.2, 0.25) is 0 Å². The van der Waals surface area contributed by atoms with Crippen molar-refractivity contribution < 1.29 is 14.7 Å². The minimum atomic E-state index is -0.941. The molecule has 0 spiro atoms. The molecule has 19 heavy (non-hydrogen) atoms. The molecule has 0 aliphatic heterocycles. The number of hydrogen-bond donors (Lipinski definition) is 3. The van der Waals surface area contributed by atoms with Crippen LogP contribution >= 0.6 is 11.3 Å². The highest BCUT2D eigenvalue weighted by atomic mass is 32.1. The van der Waals surface area contributed by atoms with E-state index in [1.807, 2.05) is 20.8 Å². The van der Waals surface area contributed by atoms with Gasteiger partial charge in [0.2, 0.25) is 5.13 Å². The summed E-state index contributed by atoms with van der Waals surface area (Å²) in [6.45, 7) is 5.66. The van der Waals surface area contributed by atoms with E-state index < -0.39 is 18.0 Å². The summed E-state index contributed by atoms with van der Waals surface area (Å²) >= 11 is 1.30. The number of carbonyl (C=O) groups excluding carboxylic acids is 1. The number of carboxylic acids is 1. The molecule has 3 N–H and O–H groups in total. The second-order valence-electron chi connectivity index (χ2n) is 4.40. The van der Waals surface area contributed by atoms with Crippen LogP contribution < -0.4 is 10.6 Å². The van der Waals surface area contributed by atoms with Crippen LogP contribution in [0.5, 0.6) is 0 Å². The van der Waals surface area contributed by atoms with Crippen molar-refractivity contribution in [3.05, 3.63) is 5.01 Å². The van der Waals surface area contributed by atoms with Gasteiger partial charge in [-0.05, 0) is 12.3 Å². The number of aliphatic carboxylic acids is 1. The van der Waals surface area contributed by atoms with Gasteiger partial charge in [-0.1, -0.05) is 32.1 Å². The number of carbonyl (C=O) groups is 2. The summed E-state index contributed by atoms with van der Waals surface area (Å²) in [5.41, 5.74) is 0. The molecule has 0 aliphatic rings. The molecule has 0 radical (unpaired) electrons. The first-order chi connectivity index (χ1) is 8.92. The Morgan fingerprint density at radius 3 is 2.53 bits per heavy atom. The third kappa shape index (κ3) is 5.21. The van der Waals surface area contributed by atoms with Crippen LogP contribution in [0.1, 0.15) is 32.2 Å². The molecule has 0 bridgehead atoms. The maximum Gasteiger partial charge on any atom is 0.321 e. The Hall–Kier alpha value is -1.70. The predicted octanol–water partition coefficient (Wildman–Crippen LogP) is 1.72. The molecule has 1 heterocycles.